The normalized spacial score (nSPS) is 19.7. The lowest BCUT2D eigenvalue weighted by molar-refractivity contribution is -0.118. The highest BCUT2D eigenvalue weighted by Gasteiger charge is 2.30. The minimum absolute atomic E-state index is 0.0136. The fourth-order valence-corrected chi connectivity index (χ4v) is 4.11. The molecule has 0 aromatic heterocycles. The number of rotatable bonds is 7. The lowest BCUT2D eigenvalue weighted by Crippen LogP contribution is -2.41. The van der Waals surface area contributed by atoms with Crippen LogP contribution in [0.2, 0.25) is 0 Å². The average Bonchev–Trinajstić information content (AvgIpc) is 2.70. The Labute approximate surface area is 172 Å². The summed E-state index contributed by atoms with van der Waals surface area (Å²) in [5.74, 6) is 1.79. The third kappa shape index (κ3) is 5.64. The van der Waals surface area contributed by atoms with Gasteiger partial charge in [-0.15, -0.1) is 0 Å². The topological polar surface area (TPSA) is 82.0 Å². The number of likely N-dealkylation sites (tertiary alicyclic amines) is 1. The number of ether oxygens (including phenoxy) is 1. The molecular weight excluding hydrogens is 368 g/mol. The number of methoxy groups -OCH3 is 1. The number of phenolic OH excluding ortho intramolecular Hbond substituents is 2. The molecule has 0 bridgehead atoms. The van der Waals surface area contributed by atoms with Crippen LogP contribution in [0.1, 0.15) is 31.7 Å². The van der Waals surface area contributed by atoms with Crippen LogP contribution < -0.4 is 10.1 Å². The van der Waals surface area contributed by atoms with E-state index in [0.29, 0.717) is 36.2 Å². The van der Waals surface area contributed by atoms with Crippen LogP contribution in [0.4, 0.5) is 5.69 Å². The predicted molar refractivity (Wildman–Crippen MR) is 113 cm³/mol. The molecule has 1 aliphatic rings. The van der Waals surface area contributed by atoms with Crippen molar-refractivity contribution in [1.82, 2.24) is 4.90 Å². The molecule has 6 heteroatoms. The summed E-state index contributed by atoms with van der Waals surface area (Å²) in [7, 11) is 1.59. The van der Waals surface area contributed by atoms with Crippen LogP contribution >= 0.6 is 0 Å². The predicted octanol–water partition coefficient (Wildman–Crippen LogP) is 3.98. The molecule has 1 fully saturated rings. The number of carbonyl (C=O) groups excluding carboxylic acids is 1. The van der Waals surface area contributed by atoms with Crippen molar-refractivity contribution in [3.63, 3.8) is 0 Å². The van der Waals surface area contributed by atoms with Crippen molar-refractivity contribution in [2.24, 2.45) is 11.8 Å². The van der Waals surface area contributed by atoms with Crippen LogP contribution in [0.3, 0.4) is 0 Å². The van der Waals surface area contributed by atoms with E-state index in [1.165, 1.54) is 0 Å². The first-order chi connectivity index (χ1) is 14.0. The highest BCUT2D eigenvalue weighted by molar-refractivity contribution is 5.91. The lowest BCUT2D eigenvalue weighted by atomic mass is 9.81. The van der Waals surface area contributed by atoms with Gasteiger partial charge in [0, 0.05) is 42.9 Å². The van der Waals surface area contributed by atoms with E-state index in [4.69, 9.17) is 4.74 Å². The SMILES string of the molecule is CC[C@H]1CN(Cc2ccc(OC)cc2O)CC[C@H]1CC(=O)Nc1cccc(O)c1. The zero-order valence-corrected chi connectivity index (χ0v) is 17.1. The molecule has 29 heavy (non-hydrogen) atoms. The van der Waals surface area contributed by atoms with Crippen LogP contribution in [0.25, 0.3) is 0 Å². The van der Waals surface area contributed by atoms with Gasteiger partial charge in [-0.05, 0) is 43.0 Å². The molecule has 0 spiro atoms. The van der Waals surface area contributed by atoms with Gasteiger partial charge in [0.1, 0.15) is 17.2 Å². The summed E-state index contributed by atoms with van der Waals surface area (Å²) in [5.41, 5.74) is 1.51. The van der Waals surface area contributed by atoms with Gasteiger partial charge in [0.15, 0.2) is 0 Å². The number of nitrogens with one attached hydrogen (secondary N) is 1. The summed E-state index contributed by atoms with van der Waals surface area (Å²) < 4.78 is 5.15. The zero-order chi connectivity index (χ0) is 20.8. The number of nitrogens with zero attached hydrogens (tertiary/aromatic N) is 1. The summed E-state index contributed by atoms with van der Waals surface area (Å²) in [6.45, 7) is 4.66. The van der Waals surface area contributed by atoms with E-state index in [1.807, 2.05) is 12.1 Å². The lowest BCUT2D eigenvalue weighted by Gasteiger charge is -2.38. The van der Waals surface area contributed by atoms with Crippen LogP contribution in [0.15, 0.2) is 42.5 Å². The Morgan fingerprint density at radius 3 is 2.72 bits per heavy atom. The number of piperidine rings is 1. The van der Waals surface area contributed by atoms with E-state index < -0.39 is 0 Å². The first-order valence-corrected chi connectivity index (χ1v) is 10.2. The third-order valence-corrected chi connectivity index (χ3v) is 5.76. The van der Waals surface area contributed by atoms with Crippen molar-refractivity contribution in [3.05, 3.63) is 48.0 Å². The highest BCUT2D eigenvalue weighted by atomic mass is 16.5. The molecule has 1 aliphatic heterocycles. The molecule has 2 aromatic rings. The van der Waals surface area contributed by atoms with Crippen molar-refractivity contribution < 1.29 is 19.7 Å². The molecular formula is C23H30N2O4. The quantitative estimate of drug-likeness (QED) is 0.657. The van der Waals surface area contributed by atoms with E-state index in [9.17, 15) is 15.0 Å². The van der Waals surface area contributed by atoms with Crippen molar-refractivity contribution in [1.29, 1.82) is 0 Å². The summed E-state index contributed by atoms with van der Waals surface area (Å²) in [6.07, 6.45) is 2.44. The van der Waals surface area contributed by atoms with Crippen molar-refractivity contribution in [2.45, 2.75) is 32.7 Å². The van der Waals surface area contributed by atoms with Crippen molar-refractivity contribution >= 4 is 11.6 Å². The van der Waals surface area contributed by atoms with Gasteiger partial charge in [-0.3, -0.25) is 9.69 Å². The number of aromatic hydroxyl groups is 2. The minimum atomic E-state index is -0.0136. The van der Waals surface area contributed by atoms with Crippen LogP contribution in [-0.4, -0.2) is 41.2 Å². The maximum atomic E-state index is 12.5. The standard InChI is InChI=1S/C23H30N2O4/c1-3-16-14-25(15-18-7-8-21(29-2)13-22(18)27)10-9-17(16)11-23(28)24-19-5-4-6-20(26)12-19/h4-8,12-13,16-17,26-27H,3,9-11,14-15H2,1-2H3,(H,24,28)/t16-,17-/m0/s1. The molecule has 2 atom stereocenters. The summed E-state index contributed by atoms with van der Waals surface area (Å²) >= 11 is 0. The number of hydrogen-bond donors (Lipinski definition) is 3. The fraction of sp³-hybridized carbons (Fsp3) is 0.435. The second-order valence-corrected chi connectivity index (χ2v) is 7.75. The average molecular weight is 399 g/mol. The van der Waals surface area contributed by atoms with Gasteiger partial charge in [-0.2, -0.15) is 0 Å². The van der Waals surface area contributed by atoms with Gasteiger partial charge in [0.25, 0.3) is 0 Å². The van der Waals surface area contributed by atoms with Gasteiger partial charge >= 0.3 is 0 Å². The van der Waals surface area contributed by atoms with Crippen molar-refractivity contribution in [2.75, 3.05) is 25.5 Å². The van der Waals surface area contributed by atoms with E-state index in [2.05, 4.69) is 17.1 Å². The number of phenols is 2. The number of benzene rings is 2. The Morgan fingerprint density at radius 2 is 2.03 bits per heavy atom. The molecule has 0 unspecified atom stereocenters. The molecule has 2 aromatic carbocycles. The summed E-state index contributed by atoms with van der Waals surface area (Å²) in [6, 6.07) is 12.0. The van der Waals surface area contributed by atoms with Gasteiger partial charge in [0.2, 0.25) is 5.91 Å². The molecule has 3 rings (SSSR count). The van der Waals surface area contributed by atoms with Gasteiger partial charge in [-0.25, -0.2) is 0 Å². The fourth-order valence-electron chi connectivity index (χ4n) is 4.11. The van der Waals surface area contributed by atoms with Gasteiger partial charge < -0.3 is 20.3 Å². The number of hydrogen-bond acceptors (Lipinski definition) is 5. The van der Waals surface area contributed by atoms with Gasteiger partial charge in [0.05, 0.1) is 7.11 Å². The second kappa shape index (κ2) is 9.65. The van der Waals surface area contributed by atoms with Crippen LogP contribution in [-0.2, 0) is 11.3 Å². The van der Waals surface area contributed by atoms with Crippen LogP contribution in [0, 0.1) is 11.8 Å². The number of anilines is 1. The maximum absolute atomic E-state index is 12.5. The highest BCUT2D eigenvalue weighted by Crippen LogP contribution is 2.32. The second-order valence-electron chi connectivity index (χ2n) is 7.75. The molecule has 1 heterocycles. The molecule has 0 aliphatic carbocycles. The van der Waals surface area contributed by atoms with Gasteiger partial charge in [-0.1, -0.05) is 25.5 Å². The Kier molecular flexibility index (Phi) is 6.99. The van der Waals surface area contributed by atoms with E-state index in [0.717, 1.165) is 31.5 Å². The first-order valence-electron chi connectivity index (χ1n) is 10.2. The van der Waals surface area contributed by atoms with Crippen LogP contribution in [0.5, 0.6) is 17.2 Å². The molecule has 1 saturated heterocycles. The van der Waals surface area contributed by atoms with Crippen molar-refractivity contribution in [3.8, 4) is 17.2 Å². The maximum Gasteiger partial charge on any atom is 0.224 e. The summed E-state index contributed by atoms with van der Waals surface area (Å²) in [4.78, 5) is 14.8. The monoisotopic (exact) mass is 398 g/mol. The minimum Gasteiger partial charge on any atom is -0.508 e. The Hall–Kier alpha value is -2.73. The number of amides is 1. The molecule has 6 nitrogen and oxygen atoms in total. The molecule has 3 N–H and O–H groups in total. The number of carbonyl (C=O) groups is 1. The zero-order valence-electron chi connectivity index (χ0n) is 17.1. The molecule has 0 radical (unpaired) electrons. The first kappa shape index (κ1) is 21.0. The molecule has 1 amide bonds. The largest absolute Gasteiger partial charge is 0.508 e. The Bertz CT molecular complexity index is 839. The van der Waals surface area contributed by atoms with E-state index >= 15 is 0 Å². The van der Waals surface area contributed by atoms with E-state index in [1.54, 1.807) is 37.4 Å². The Balaban J connectivity index is 1.55. The third-order valence-electron chi connectivity index (χ3n) is 5.76. The Morgan fingerprint density at radius 1 is 1.21 bits per heavy atom. The molecule has 0 saturated carbocycles. The summed E-state index contributed by atoms with van der Waals surface area (Å²) in [5, 5.41) is 22.7. The van der Waals surface area contributed by atoms with E-state index in [-0.39, 0.29) is 17.4 Å². The smallest absolute Gasteiger partial charge is 0.224 e. The molecule has 156 valence electrons.